The molecule has 7 nitrogen and oxygen atoms in total. The van der Waals surface area contributed by atoms with E-state index in [2.05, 4.69) is 0 Å². The Bertz CT molecular complexity index is 930. The van der Waals surface area contributed by atoms with Gasteiger partial charge in [0.05, 0.1) is 22.7 Å². The van der Waals surface area contributed by atoms with Crippen molar-refractivity contribution in [2.75, 3.05) is 6.61 Å². The van der Waals surface area contributed by atoms with Gasteiger partial charge in [0.2, 0.25) is 0 Å². The van der Waals surface area contributed by atoms with Gasteiger partial charge in [-0.15, -0.1) is 0 Å². The van der Waals surface area contributed by atoms with Crippen LogP contribution in [-0.2, 0) is 4.79 Å². The van der Waals surface area contributed by atoms with E-state index in [0.29, 0.717) is 31.2 Å². The molecule has 2 bridgehead atoms. The largest absolute Gasteiger partial charge is 0.478 e. The molecular weight excluding hydrogens is 448 g/mol. The number of Topliss-reactive ketones (excluding diaryl/α,β-unsaturated/α-hetero) is 1. The molecule has 0 radical (unpaired) electrons. The van der Waals surface area contributed by atoms with Crippen LogP contribution in [0.4, 0.5) is 0 Å². The highest BCUT2D eigenvalue weighted by molar-refractivity contribution is 5.90. The van der Waals surface area contributed by atoms with Gasteiger partial charge in [-0.2, -0.15) is 0 Å². The van der Waals surface area contributed by atoms with Crippen LogP contribution in [-0.4, -0.2) is 61.7 Å². The number of hydrogen-bond donors (Lipinski definition) is 5. The summed E-state index contributed by atoms with van der Waals surface area (Å²) in [4.78, 5) is 23.6. The summed E-state index contributed by atoms with van der Waals surface area (Å²) in [5, 5.41) is 52.0. The van der Waals surface area contributed by atoms with Crippen LogP contribution in [0.2, 0.25) is 0 Å². The summed E-state index contributed by atoms with van der Waals surface area (Å²) in [6.07, 6.45) is 0.611. The van der Waals surface area contributed by atoms with E-state index >= 15 is 0 Å². The summed E-state index contributed by atoms with van der Waals surface area (Å²) >= 11 is 0. The second-order valence-corrected chi connectivity index (χ2v) is 12.4. The van der Waals surface area contributed by atoms with Crippen LogP contribution in [0.5, 0.6) is 0 Å². The van der Waals surface area contributed by atoms with Crippen LogP contribution in [0.15, 0.2) is 30.3 Å². The molecule has 0 saturated heterocycles. The minimum absolute atomic E-state index is 0.0607. The summed E-state index contributed by atoms with van der Waals surface area (Å²) in [6.45, 7) is 9.61. The first-order valence-electron chi connectivity index (χ1n) is 12.6. The molecule has 0 aromatic heterocycles. The van der Waals surface area contributed by atoms with Crippen molar-refractivity contribution in [3.63, 3.8) is 0 Å². The van der Waals surface area contributed by atoms with E-state index in [4.69, 9.17) is 5.11 Å². The Morgan fingerprint density at radius 3 is 2.14 bits per heavy atom. The maximum absolute atomic E-state index is 13.4. The van der Waals surface area contributed by atoms with E-state index in [1.807, 2.05) is 27.7 Å². The number of aromatic carboxylic acids is 1. The Morgan fingerprint density at radius 2 is 1.63 bits per heavy atom. The van der Waals surface area contributed by atoms with Crippen LogP contribution in [0.1, 0.15) is 77.1 Å². The second-order valence-electron chi connectivity index (χ2n) is 12.4. The molecule has 3 saturated carbocycles. The van der Waals surface area contributed by atoms with Crippen molar-refractivity contribution in [2.45, 2.75) is 84.5 Å². The number of benzene rings is 1. The van der Waals surface area contributed by atoms with E-state index in [0.717, 1.165) is 6.42 Å². The normalized spacial score (nSPS) is 42.5. The van der Waals surface area contributed by atoms with Crippen molar-refractivity contribution in [3.8, 4) is 0 Å². The van der Waals surface area contributed by atoms with Gasteiger partial charge in [-0.1, -0.05) is 45.9 Å². The molecule has 1 aromatic rings. The zero-order valence-corrected chi connectivity index (χ0v) is 21.6. The Morgan fingerprint density at radius 1 is 1.03 bits per heavy atom. The molecule has 0 heterocycles. The molecule has 196 valence electrons. The number of aliphatic hydroxyl groups is 4. The number of carboxylic acids is 1. The lowest BCUT2D eigenvalue weighted by Gasteiger charge is -2.62. The minimum atomic E-state index is -1.19. The van der Waals surface area contributed by atoms with E-state index in [9.17, 15) is 30.0 Å². The fourth-order valence-electron chi connectivity index (χ4n) is 7.15. The highest BCUT2D eigenvalue weighted by Gasteiger charge is 2.65. The van der Waals surface area contributed by atoms with Gasteiger partial charge in [-0.3, -0.25) is 4.79 Å². The molecule has 0 amide bonds. The highest BCUT2D eigenvalue weighted by Crippen LogP contribution is 2.61. The Labute approximate surface area is 208 Å². The zero-order valence-electron chi connectivity index (χ0n) is 21.6. The van der Waals surface area contributed by atoms with Gasteiger partial charge in [0.15, 0.2) is 5.78 Å². The summed E-state index contributed by atoms with van der Waals surface area (Å²) in [5.41, 5.74) is -2.83. The van der Waals surface area contributed by atoms with Gasteiger partial charge < -0.3 is 25.5 Å². The predicted molar refractivity (Wildman–Crippen MR) is 132 cm³/mol. The lowest BCUT2D eigenvalue weighted by atomic mass is 9.45. The average molecular weight is 491 g/mol. The number of carboxylic acid groups (broad SMARTS) is 1. The minimum Gasteiger partial charge on any atom is -0.478 e. The van der Waals surface area contributed by atoms with E-state index in [1.165, 1.54) is 0 Å². The fourth-order valence-corrected chi connectivity index (χ4v) is 7.15. The quantitative estimate of drug-likeness (QED) is 0.429. The van der Waals surface area contributed by atoms with Crippen molar-refractivity contribution < 1.29 is 35.1 Å². The molecule has 35 heavy (non-hydrogen) atoms. The predicted octanol–water partition coefficient (Wildman–Crippen LogP) is 3.28. The van der Waals surface area contributed by atoms with Gasteiger partial charge in [-0.05, 0) is 73.8 Å². The maximum Gasteiger partial charge on any atom is 0.335 e. The molecule has 4 rings (SSSR count). The number of carbonyl (C=O) groups is 2. The molecule has 8 atom stereocenters. The van der Waals surface area contributed by atoms with Crippen molar-refractivity contribution in [2.24, 2.45) is 34.0 Å². The van der Waals surface area contributed by atoms with Crippen molar-refractivity contribution in [1.82, 2.24) is 0 Å². The molecule has 5 N–H and O–H groups in total. The zero-order chi connectivity index (χ0) is 26.4. The Kier molecular flexibility index (Phi) is 7.60. The number of hydrogen-bond acceptors (Lipinski definition) is 6. The molecule has 7 heteroatoms. The van der Waals surface area contributed by atoms with Crippen LogP contribution < -0.4 is 0 Å². The topological polar surface area (TPSA) is 135 Å². The first kappa shape index (κ1) is 27.8. The van der Waals surface area contributed by atoms with E-state index in [-0.39, 0.29) is 30.1 Å². The van der Waals surface area contributed by atoms with Crippen LogP contribution in [0.25, 0.3) is 0 Å². The van der Waals surface area contributed by atoms with E-state index in [1.54, 1.807) is 37.3 Å². The van der Waals surface area contributed by atoms with Crippen molar-refractivity contribution in [3.05, 3.63) is 35.9 Å². The van der Waals surface area contributed by atoms with Crippen molar-refractivity contribution >= 4 is 11.8 Å². The summed E-state index contributed by atoms with van der Waals surface area (Å²) in [7, 11) is 0. The second kappa shape index (κ2) is 9.58. The summed E-state index contributed by atoms with van der Waals surface area (Å²) in [6, 6.07) is 8.30. The third-order valence-electron chi connectivity index (χ3n) is 9.75. The molecule has 3 aliphatic rings. The number of aliphatic hydroxyl groups excluding tert-OH is 3. The van der Waals surface area contributed by atoms with Gasteiger partial charge in [0.25, 0.3) is 0 Å². The summed E-state index contributed by atoms with van der Waals surface area (Å²) in [5.74, 6) is -1.64. The molecule has 3 fully saturated rings. The molecule has 8 unspecified atom stereocenters. The van der Waals surface area contributed by atoms with Gasteiger partial charge in [0.1, 0.15) is 6.10 Å². The molecule has 3 aliphatic carbocycles. The standard InChI is InChI=1S/C21H36O5.C7H6O2/c1-12-6-7-21(26)9-13-8-19(4,11-22)10-14(23)20(13,5)17(25)16(24)15(12)18(21,2)3;8-7(9)6-4-2-1-3-5-6/h12-16,22-24,26H,6-11H2,1-5H3;1-5H,(H,8,9). The van der Waals surface area contributed by atoms with Crippen LogP contribution in [0, 0.1) is 34.0 Å². The monoisotopic (exact) mass is 490 g/mol. The first-order valence-corrected chi connectivity index (χ1v) is 12.6. The van der Waals surface area contributed by atoms with Gasteiger partial charge in [0, 0.05) is 12.5 Å². The van der Waals surface area contributed by atoms with Gasteiger partial charge in [-0.25, -0.2) is 4.79 Å². The molecule has 0 aliphatic heterocycles. The number of ketones is 1. The first-order chi connectivity index (χ1) is 16.1. The molecule has 0 spiro atoms. The SMILES string of the molecule is CC1CCC2(O)CC3CC(C)(CO)CC(O)C3(C)C(=O)C(O)C1C2(C)C.O=C(O)c1ccccc1. The van der Waals surface area contributed by atoms with Crippen molar-refractivity contribution in [1.29, 1.82) is 0 Å². The van der Waals surface area contributed by atoms with Gasteiger partial charge >= 0.3 is 5.97 Å². The number of fused-ring (bicyclic) bond motifs is 3. The number of rotatable bonds is 2. The van der Waals surface area contributed by atoms with E-state index < -0.39 is 40.0 Å². The van der Waals surface area contributed by atoms with Crippen LogP contribution in [0.3, 0.4) is 0 Å². The summed E-state index contributed by atoms with van der Waals surface area (Å²) < 4.78 is 0. The highest BCUT2D eigenvalue weighted by atomic mass is 16.4. The lowest BCUT2D eigenvalue weighted by molar-refractivity contribution is -0.221. The fraction of sp³-hybridized carbons (Fsp3) is 0.714. The smallest absolute Gasteiger partial charge is 0.335 e. The molecular formula is C28H42O7. The number of carbonyl (C=O) groups excluding carboxylic acids is 1. The average Bonchev–Trinajstić information content (AvgIpc) is 2.80. The third-order valence-corrected chi connectivity index (χ3v) is 9.75. The lowest BCUT2D eigenvalue weighted by Crippen LogP contribution is -2.67. The Hall–Kier alpha value is -1.80. The van der Waals surface area contributed by atoms with Crippen LogP contribution >= 0.6 is 0 Å². The third kappa shape index (κ3) is 4.68. The molecule has 1 aromatic carbocycles. The Balaban J connectivity index is 0.000000320. The maximum atomic E-state index is 13.4.